The van der Waals surface area contributed by atoms with Gasteiger partial charge in [-0.05, 0) is 42.8 Å². The summed E-state index contributed by atoms with van der Waals surface area (Å²) < 4.78 is 9.67. The minimum atomic E-state index is -0.624. The van der Waals surface area contributed by atoms with E-state index in [-0.39, 0.29) is 17.3 Å². The predicted octanol–water partition coefficient (Wildman–Crippen LogP) is 3.26. The van der Waals surface area contributed by atoms with Crippen molar-refractivity contribution in [1.82, 2.24) is 0 Å². The van der Waals surface area contributed by atoms with E-state index >= 15 is 0 Å². The fraction of sp³-hybridized carbons (Fsp3) is 0.143. The van der Waals surface area contributed by atoms with Crippen molar-refractivity contribution < 1.29 is 18.7 Å². The SMILES string of the molecule is COC(=O)c1ccc(C(=O)c2cc(C)cc(Cl)c2)o1. The van der Waals surface area contributed by atoms with E-state index in [1.807, 2.05) is 6.92 Å². The third-order valence-electron chi connectivity index (χ3n) is 2.52. The van der Waals surface area contributed by atoms with E-state index in [4.69, 9.17) is 16.0 Å². The van der Waals surface area contributed by atoms with Gasteiger partial charge >= 0.3 is 5.97 Å². The molecule has 5 heteroatoms. The first-order chi connectivity index (χ1) is 9.01. The zero-order valence-electron chi connectivity index (χ0n) is 10.4. The second-order valence-corrected chi connectivity index (χ2v) is 4.44. The molecule has 0 unspecified atom stereocenters. The molecule has 0 aliphatic heterocycles. The number of ether oxygens (including phenoxy) is 1. The van der Waals surface area contributed by atoms with Crippen LogP contribution in [-0.4, -0.2) is 18.9 Å². The smallest absolute Gasteiger partial charge is 0.373 e. The second-order valence-electron chi connectivity index (χ2n) is 4.00. The molecule has 1 aromatic heterocycles. The summed E-state index contributed by atoms with van der Waals surface area (Å²) in [5.74, 6) is -0.895. The van der Waals surface area contributed by atoms with Crippen molar-refractivity contribution in [3.63, 3.8) is 0 Å². The number of hydrogen-bond donors (Lipinski definition) is 0. The highest BCUT2D eigenvalue weighted by molar-refractivity contribution is 6.31. The van der Waals surface area contributed by atoms with Gasteiger partial charge in [0, 0.05) is 10.6 Å². The van der Waals surface area contributed by atoms with Crippen LogP contribution in [0.25, 0.3) is 0 Å². The minimum Gasteiger partial charge on any atom is -0.463 e. The van der Waals surface area contributed by atoms with E-state index in [1.54, 1.807) is 18.2 Å². The number of methoxy groups -OCH3 is 1. The number of esters is 1. The minimum absolute atomic E-state index is 0.00963. The van der Waals surface area contributed by atoms with Gasteiger partial charge in [-0.2, -0.15) is 0 Å². The largest absolute Gasteiger partial charge is 0.463 e. The van der Waals surface area contributed by atoms with Crippen LogP contribution in [0.4, 0.5) is 0 Å². The molecule has 0 aliphatic carbocycles. The normalized spacial score (nSPS) is 10.3. The van der Waals surface area contributed by atoms with Crippen molar-refractivity contribution in [3.05, 3.63) is 58.0 Å². The molecule has 0 saturated carbocycles. The first-order valence-corrected chi connectivity index (χ1v) is 5.89. The third-order valence-corrected chi connectivity index (χ3v) is 2.74. The summed E-state index contributed by atoms with van der Waals surface area (Å²) in [5.41, 5.74) is 1.28. The maximum Gasteiger partial charge on any atom is 0.373 e. The number of ketones is 1. The number of furan rings is 1. The number of halogens is 1. The van der Waals surface area contributed by atoms with Gasteiger partial charge in [0.15, 0.2) is 5.76 Å². The lowest BCUT2D eigenvalue weighted by Crippen LogP contribution is -2.01. The van der Waals surface area contributed by atoms with Crippen molar-refractivity contribution >= 4 is 23.4 Å². The molecule has 2 aromatic rings. The van der Waals surface area contributed by atoms with Crippen LogP contribution in [-0.2, 0) is 4.74 Å². The molecular weight excluding hydrogens is 268 g/mol. The van der Waals surface area contributed by atoms with E-state index in [2.05, 4.69) is 4.74 Å². The van der Waals surface area contributed by atoms with E-state index in [0.717, 1.165) is 5.56 Å². The highest BCUT2D eigenvalue weighted by Gasteiger charge is 2.17. The summed E-state index contributed by atoms with van der Waals surface area (Å²) in [4.78, 5) is 23.4. The standard InChI is InChI=1S/C14H11ClO4/c1-8-5-9(7-10(15)6-8)13(16)11-3-4-12(19-11)14(17)18-2/h3-7H,1-2H3. The van der Waals surface area contributed by atoms with Gasteiger partial charge in [0.25, 0.3) is 0 Å². The molecular formula is C14H11ClO4. The molecule has 19 heavy (non-hydrogen) atoms. The lowest BCUT2D eigenvalue weighted by Gasteiger charge is -2.01. The summed E-state index contributed by atoms with van der Waals surface area (Å²) in [6.45, 7) is 1.84. The average molecular weight is 279 g/mol. The van der Waals surface area contributed by atoms with E-state index < -0.39 is 5.97 Å². The fourth-order valence-electron chi connectivity index (χ4n) is 1.68. The summed E-state index contributed by atoms with van der Waals surface area (Å²) in [6, 6.07) is 7.84. The van der Waals surface area contributed by atoms with Crippen LogP contribution in [0.2, 0.25) is 5.02 Å². The topological polar surface area (TPSA) is 56.5 Å². The number of carbonyl (C=O) groups is 2. The molecule has 0 amide bonds. The Hall–Kier alpha value is -2.07. The quantitative estimate of drug-likeness (QED) is 0.639. The summed E-state index contributed by atoms with van der Waals surface area (Å²) in [6.07, 6.45) is 0. The third kappa shape index (κ3) is 2.85. The molecule has 0 fully saturated rings. The van der Waals surface area contributed by atoms with Crippen molar-refractivity contribution in [3.8, 4) is 0 Å². The molecule has 1 heterocycles. The van der Waals surface area contributed by atoms with Crippen LogP contribution in [0, 0.1) is 6.92 Å². The Morgan fingerprint density at radius 1 is 1.16 bits per heavy atom. The van der Waals surface area contributed by atoms with E-state index in [9.17, 15) is 9.59 Å². The van der Waals surface area contributed by atoms with E-state index in [1.165, 1.54) is 19.2 Å². The summed E-state index contributed by atoms with van der Waals surface area (Å²) in [7, 11) is 1.24. The maximum atomic E-state index is 12.2. The Morgan fingerprint density at radius 3 is 2.47 bits per heavy atom. The Bertz CT molecular complexity index is 622. The van der Waals surface area contributed by atoms with Crippen LogP contribution in [0.5, 0.6) is 0 Å². The molecule has 2 rings (SSSR count). The van der Waals surface area contributed by atoms with Crippen LogP contribution in [0.3, 0.4) is 0 Å². The van der Waals surface area contributed by atoms with Gasteiger partial charge in [-0.15, -0.1) is 0 Å². The number of rotatable bonds is 3. The Balaban J connectivity index is 2.33. The molecule has 0 atom stereocenters. The van der Waals surface area contributed by atoms with Crippen molar-refractivity contribution in [2.75, 3.05) is 7.11 Å². The highest BCUT2D eigenvalue weighted by atomic mass is 35.5. The number of carbonyl (C=O) groups excluding carboxylic acids is 2. The molecule has 0 radical (unpaired) electrons. The van der Waals surface area contributed by atoms with Crippen LogP contribution in [0.1, 0.15) is 32.2 Å². The van der Waals surface area contributed by atoms with Crippen molar-refractivity contribution in [2.24, 2.45) is 0 Å². The lowest BCUT2D eigenvalue weighted by molar-refractivity contribution is 0.0563. The molecule has 0 aliphatic rings. The monoisotopic (exact) mass is 278 g/mol. The van der Waals surface area contributed by atoms with Crippen LogP contribution < -0.4 is 0 Å². The van der Waals surface area contributed by atoms with Crippen LogP contribution in [0.15, 0.2) is 34.7 Å². The number of benzene rings is 1. The van der Waals surface area contributed by atoms with Gasteiger partial charge in [-0.1, -0.05) is 11.6 Å². The van der Waals surface area contributed by atoms with Crippen molar-refractivity contribution in [1.29, 1.82) is 0 Å². The summed E-state index contributed by atoms with van der Waals surface area (Å²) in [5, 5.41) is 0.475. The molecule has 1 aromatic carbocycles. The van der Waals surface area contributed by atoms with Gasteiger partial charge in [0.1, 0.15) is 0 Å². The maximum absolute atomic E-state index is 12.2. The molecule has 98 valence electrons. The average Bonchev–Trinajstić information content (AvgIpc) is 2.85. The molecule has 0 N–H and O–H groups in total. The van der Waals surface area contributed by atoms with Gasteiger partial charge in [-0.3, -0.25) is 4.79 Å². The molecule has 0 bridgehead atoms. The number of aryl methyl sites for hydroxylation is 1. The van der Waals surface area contributed by atoms with Gasteiger partial charge < -0.3 is 9.15 Å². The first-order valence-electron chi connectivity index (χ1n) is 5.51. The molecule has 0 spiro atoms. The first kappa shape index (κ1) is 13.4. The predicted molar refractivity (Wildman–Crippen MR) is 69.7 cm³/mol. The highest BCUT2D eigenvalue weighted by Crippen LogP contribution is 2.19. The van der Waals surface area contributed by atoms with Gasteiger partial charge in [-0.25, -0.2) is 4.79 Å². The lowest BCUT2D eigenvalue weighted by atomic mass is 10.1. The Kier molecular flexibility index (Phi) is 3.71. The van der Waals surface area contributed by atoms with Gasteiger partial charge in [0.2, 0.25) is 11.5 Å². The Labute approximate surface area is 114 Å². The van der Waals surface area contributed by atoms with Crippen molar-refractivity contribution in [2.45, 2.75) is 6.92 Å². The van der Waals surface area contributed by atoms with E-state index in [0.29, 0.717) is 10.6 Å². The zero-order valence-corrected chi connectivity index (χ0v) is 11.2. The fourth-order valence-corrected chi connectivity index (χ4v) is 1.97. The zero-order chi connectivity index (χ0) is 14.0. The summed E-state index contributed by atoms with van der Waals surface area (Å²) >= 11 is 5.90. The molecule has 0 saturated heterocycles. The number of hydrogen-bond acceptors (Lipinski definition) is 4. The Morgan fingerprint density at radius 2 is 1.84 bits per heavy atom. The second kappa shape index (κ2) is 5.28. The molecule has 4 nitrogen and oxygen atoms in total. The van der Waals surface area contributed by atoms with Gasteiger partial charge in [0.05, 0.1) is 7.11 Å². The van der Waals surface area contributed by atoms with Crippen LogP contribution >= 0.6 is 11.6 Å².